The van der Waals surface area contributed by atoms with E-state index in [0.717, 1.165) is 30.7 Å². The van der Waals surface area contributed by atoms with Gasteiger partial charge in [0.15, 0.2) is 5.82 Å². The number of aromatic nitrogens is 3. The molecule has 1 atom stereocenters. The predicted molar refractivity (Wildman–Crippen MR) is 64.7 cm³/mol. The van der Waals surface area contributed by atoms with E-state index in [1.54, 1.807) is 0 Å². The second kappa shape index (κ2) is 4.13. The number of aliphatic hydroxyl groups is 1. The summed E-state index contributed by atoms with van der Waals surface area (Å²) in [6.07, 6.45) is 2.07. The van der Waals surface area contributed by atoms with Gasteiger partial charge in [0.1, 0.15) is 12.1 Å². The van der Waals surface area contributed by atoms with Crippen LogP contribution in [0.1, 0.15) is 24.9 Å². The molecule has 1 aliphatic heterocycles. The fourth-order valence-corrected chi connectivity index (χ4v) is 2.30. The minimum Gasteiger partial charge on any atom is -0.373 e. The molecule has 0 radical (unpaired) electrons. The molecule has 17 heavy (non-hydrogen) atoms. The van der Waals surface area contributed by atoms with Gasteiger partial charge in [-0.2, -0.15) is 0 Å². The van der Waals surface area contributed by atoms with Crippen molar-refractivity contribution in [3.8, 4) is 11.4 Å². The molecule has 0 saturated carbocycles. The molecule has 4 nitrogen and oxygen atoms in total. The molecule has 1 aromatic carbocycles. The van der Waals surface area contributed by atoms with E-state index in [1.165, 1.54) is 0 Å². The van der Waals surface area contributed by atoms with Crippen LogP contribution in [0, 0.1) is 0 Å². The Balaban J connectivity index is 2.09. The lowest BCUT2D eigenvalue weighted by molar-refractivity contribution is 0.0796. The van der Waals surface area contributed by atoms with Crippen LogP contribution in [0.2, 0.25) is 5.02 Å². The molecule has 0 spiro atoms. The van der Waals surface area contributed by atoms with E-state index in [-0.39, 0.29) is 0 Å². The number of hydrogen-bond donors (Lipinski definition) is 1. The highest BCUT2D eigenvalue weighted by atomic mass is 35.5. The molecule has 1 aliphatic rings. The van der Waals surface area contributed by atoms with E-state index >= 15 is 0 Å². The summed E-state index contributed by atoms with van der Waals surface area (Å²) in [5.74, 6) is 1.57. The van der Waals surface area contributed by atoms with Crippen LogP contribution in [0.5, 0.6) is 0 Å². The summed E-state index contributed by atoms with van der Waals surface area (Å²) in [5, 5.41) is 19.0. The zero-order valence-corrected chi connectivity index (χ0v) is 9.93. The van der Waals surface area contributed by atoms with Gasteiger partial charge in [-0.25, -0.2) is 0 Å². The first-order valence-electron chi connectivity index (χ1n) is 5.63. The van der Waals surface area contributed by atoms with Gasteiger partial charge in [-0.15, -0.1) is 10.2 Å². The summed E-state index contributed by atoms with van der Waals surface area (Å²) in [6, 6.07) is 7.41. The third kappa shape index (κ3) is 1.83. The highest BCUT2D eigenvalue weighted by molar-refractivity contribution is 6.30. The Bertz CT molecular complexity index is 535. The van der Waals surface area contributed by atoms with E-state index in [9.17, 15) is 5.11 Å². The lowest BCUT2D eigenvalue weighted by Gasteiger charge is -2.21. The molecule has 3 rings (SSSR count). The van der Waals surface area contributed by atoms with Crippen LogP contribution in [0.25, 0.3) is 11.4 Å². The van der Waals surface area contributed by atoms with Gasteiger partial charge in [-0.3, -0.25) is 4.57 Å². The maximum Gasteiger partial charge on any atom is 0.166 e. The second-order valence-electron chi connectivity index (χ2n) is 4.19. The van der Waals surface area contributed by atoms with Crippen LogP contribution < -0.4 is 0 Å². The van der Waals surface area contributed by atoms with Gasteiger partial charge >= 0.3 is 0 Å². The maximum atomic E-state index is 10.0. The number of halogens is 1. The fourth-order valence-electron chi connectivity index (χ4n) is 2.17. The van der Waals surface area contributed by atoms with Crippen molar-refractivity contribution < 1.29 is 5.11 Å². The average molecular weight is 250 g/mol. The SMILES string of the molecule is OC1CCCc2nnc(-c3ccc(Cl)cc3)n21. The van der Waals surface area contributed by atoms with Crippen molar-refractivity contribution in [2.45, 2.75) is 25.5 Å². The lowest BCUT2D eigenvalue weighted by atomic mass is 10.1. The first-order valence-corrected chi connectivity index (χ1v) is 6.01. The number of aliphatic hydroxyl groups excluding tert-OH is 1. The van der Waals surface area contributed by atoms with Gasteiger partial charge in [0.25, 0.3) is 0 Å². The molecule has 5 heteroatoms. The van der Waals surface area contributed by atoms with Gasteiger partial charge < -0.3 is 5.11 Å². The van der Waals surface area contributed by atoms with Crippen LogP contribution in [0.4, 0.5) is 0 Å². The van der Waals surface area contributed by atoms with Gasteiger partial charge in [0, 0.05) is 17.0 Å². The molecule has 0 aliphatic carbocycles. The van der Waals surface area contributed by atoms with Crippen LogP contribution in [-0.4, -0.2) is 19.9 Å². The molecule has 1 aromatic heterocycles. The third-order valence-electron chi connectivity index (χ3n) is 3.03. The molecular formula is C12H12ClN3O. The van der Waals surface area contributed by atoms with Crippen LogP contribution in [0.15, 0.2) is 24.3 Å². The normalized spacial score (nSPS) is 19.1. The molecule has 2 heterocycles. The van der Waals surface area contributed by atoms with Crippen LogP contribution in [0.3, 0.4) is 0 Å². The van der Waals surface area contributed by atoms with Crippen molar-refractivity contribution in [3.05, 3.63) is 35.1 Å². The summed E-state index contributed by atoms with van der Waals surface area (Å²) in [4.78, 5) is 0. The molecule has 1 unspecified atom stereocenters. The van der Waals surface area contributed by atoms with Gasteiger partial charge in [-0.1, -0.05) is 11.6 Å². The van der Waals surface area contributed by atoms with E-state index < -0.39 is 6.23 Å². The topological polar surface area (TPSA) is 50.9 Å². The van der Waals surface area contributed by atoms with Crippen molar-refractivity contribution in [1.82, 2.24) is 14.8 Å². The number of nitrogens with zero attached hydrogens (tertiary/aromatic N) is 3. The molecule has 88 valence electrons. The number of benzene rings is 1. The number of fused-ring (bicyclic) bond motifs is 1. The maximum absolute atomic E-state index is 10.0. The number of rotatable bonds is 1. The highest BCUT2D eigenvalue weighted by Crippen LogP contribution is 2.28. The van der Waals surface area contributed by atoms with E-state index in [2.05, 4.69) is 10.2 Å². The zero-order valence-electron chi connectivity index (χ0n) is 9.17. The first kappa shape index (κ1) is 10.7. The van der Waals surface area contributed by atoms with E-state index in [0.29, 0.717) is 10.8 Å². The zero-order chi connectivity index (χ0) is 11.8. The fraction of sp³-hybridized carbons (Fsp3) is 0.333. The average Bonchev–Trinajstić information content (AvgIpc) is 2.75. The van der Waals surface area contributed by atoms with Gasteiger partial charge in [-0.05, 0) is 37.1 Å². The molecule has 0 bridgehead atoms. The number of hydrogen-bond acceptors (Lipinski definition) is 3. The van der Waals surface area contributed by atoms with E-state index in [4.69, 9.17) is 11.6 Å². The molecule has 0 saturated heterocycles. The summed E-state index contributed by atoms with van der Waals surface area (Å²) in [6.45, 7) is 0. The minimum absolute atomic E-state index is 0.514. The van der Waals surface area contributed by atoms with Crippen molar-refractivity contribution in [1.29, 1.82) is 0 Å². The minimum atomic E-state index is -0.514. The lowest BCUT2D eigenvalue weighted by Crippen LogP contribution is -2.18. The molecule has 1 N–H and O–H groups in total. The Hall–Kier alpha value is -1.39. The molecular weight excluding hydrogens is 238 g/mol. The van der Waals surface area contributed by atoms with E-state index in [1.807, 2.05) is 28.8 Å². The van der Waals surface area contributed by atoms with Crippen molar-refractivity contribution in [2.24, 2.45) is 0 Å². The Kier molecular flexibility index (Phi) is 2.61. The Morgan fingerprint density at radius 3 is 2.76 bits per heavy atom. The highest BCUT2D eigenvalue weighted by Gasteiger charge is 2.23. The van der Waals surface area contributed by atoms with Crippen molar-refractivity contribution in [2.75, 3.05) is 0 Å². The summed E-state index contributed by atoms with van der Waals surface area (Å²) >= 11 is 5.85. The number of aryl methyl sites for hydroxylation is 1. The van der Waals surface area contributed by atoms with Crippen molar-refractivity contribution in [3.63, 3.8) is 0 Å². The molecule has 2 aromatic rings. The Morgan fingerprint density at radius 1 is 1.24 bits per heavy atom. The summed E-state index contributed by atoms with van der Waals surface area (Å²) < 4.78 is 1.81. The van der Waals surface area contributed by atoms with Gasteiger partial charge in [0.2, 0.25) is 0 Å². The molecule has 0 fully saturated rings. The summed E-state index contributed by atoms with van der Waals surface area (Å²) in [5.41, 5.74) is 0.925. The predicted octanol–water partition coefficient (Wildman–Crippen LogP) is 2.43. The quantitative estimate of drug-likeness (QED) is 0.845. The Labute approximate surface area is 104 Å². The van der Waals surface area contributed by atoms with Crippen LogP contribution in [-0.2, 0) is 6.42 Å². The first-order chi connectivity index (χ1) is 8.25. The monoisotopic (exact) mass is 249 g/mol. The van der Waals surface area contributed by atoms with Crippen LogP contribution >= 0.6 is 11.6 Å². The smallest absolute Gasteiger partial charge is 0.166 e. The summed E-state index contributed by atoms with van der Waals surface area (Å²) in [7, 11) is 0. The Morgan fingerprint density at radius 2 is 2.00 bits per heavy atom. The second-order valence-corrected chi connectivity index (χ2v) is 4.63. The largest absolute Gasteiger partial charge is 0.373 e. The standard InChI is InChI=1S/C12H12ClN3O/c13-9-6-4-8(5-7-9)12-15-14-10-2-1-3-11(17)16(10)12/h4-7,11,17H,1-3H2. The molecule has 0 amide bonds. The third-order valence-corrected chi connectivity index (χ3v) is 3.28. The van der Waals surface area contributed by atoms with Crippen molar-refractivity contribution >= 4 is 11.6 Å². The van der Waals surface area contributed by atoms with Gasteiger partial charge in [0.05, 0.1) is 0 Å².